The van der Waals surface area contributed by atoms with Crippen LogP contribution in [0, 0.1) is 13.5 Å². The van der Waals surface area contributed by atoms with Crippen molar-refractivity contribution >= 4 is 0 Å². The van der Waals surface area contributed by atoms with Crippen LogP contribution in [0.25, 0.3) is 0 Å². The molecule has 1 N–H and O–H groups in total. The first-order chi connectivity index (χ1) is 5.27. The van der Waals surface area contributed by atoms with Gasteiger partial charge in [0, 0.05) is 0 Å². The molecule has 0 aliphatic heterocycles. The van der Waals surface area contributed by atoms with E-state index in [0.717, 1.165) is 23.5 Å². The van der Waals surface area contributed by atoms with E-state index in [-0.39, 0.29) is 0 Å². The van der Waals surface area contributed by atoms with E-state index in [2.05, 4.69) is 0 Å². The van der Waals surface area contributed by atoms with Crippen molar-refractivity contribution in [1.82, 2.24) is 0 Å². The monoisotopic (exact) mass is 151 g/mol. The van der Waals surface area contributed by atoms with Gasteiger partial charge in [0.15, 0.2) is 0 Å². The zero-order valence-corrected chi connectivity index (χ0v) is 6.66. The second-order valence-electron chi connectivity index (χ2n) is 2.36. The Bertz CT molecular complexity index is 243. The van der Waals surface area contributed by atoms with Crippen molar-refractivity contribution in [1.29, 1.82) is 0 Å². The smallest absolute Gasteiger partial charge is 0.122 e. The number of methoxy groups -OCH3 is 1. The molecule has 0 aliphatic rings. The van der Waals surface area contributed by atoms with Crippen LogP contribution in [0.2, 0.25) is 0 Å². The fourth-order valence-electron chi connectivity index (χ4n) is 0.917. The summed E-state index contributed by atoms with van der Waals surface area (Å²) in [5.74, 6) is 0.799. The van der Waals surface area contributed by atoms with E-state index in [4.69, 9.17) is 9.84 Å². The van der Waals surface area contributed by atoms with E-state index in [1.54, 1.807) is 13.2 Å². The lowest BCUT2D eigenvalue weighted by Crippen LogP contribution is -1.88. The number of benzene rings is 1. The van der Waals surface area contributed by atoms with Crippen molar-refractivity contribution in [3.63, 3.8) is 0 Å². The molecule has 1 rings (SSSR count). The van der Waals surface area contributed by atoms with Crippen molar-refractivity contribution in [3.05, 3.63) is 35.9 Å². The van der Waals surface area contributed by atoms with Gasteiger partial charge in [-0.3, -0.25) is 0 Å². The van der Waals surface area contributed by atoms with Crippen LogP contribution in [0.1, 0.15) is 11.1 Å². The maximum absolute atomic E-state index is 8.67. The molecule has 59 valence electrons. The molecule has 0 atom stereocenters. The quantitative estimate of drug-likeness (QED) is 0.699. The van der Waals surface area contributed by atoms with Crippen molar-refractivity contribution in [2.24, 2.45) is 0 Å². The lowest BCUT2D eigenvalue weighted by molar-refractivity contribution is 0.402. The van der Waals surface area contributed by atoms with E-state index in [1.807, 2.05) is 19.1 Å². The molecule has 0 spiro atoms. The van der Waals surface area contributed by atoms with Gasteiger partial charge in [0.1, 0.15) is 12.4 Å². The molecule has 0 saturated carbocycles. The lowest BCUT2D eigenvalue weighted by atomic mass is 10.1. The number of hydrogen-bond acceptors (Lipinski definition) is 2. The summed E-state index contributed by atoms with van der Waals surface area (Å²) in [6.45, 7) is 3.02. The standard InChI is InChI=1S/C9H11O2/c1-7-3-4-8(6-10)5-9(7)11-2/h3-6,10H,1-2H3. The molecule has 0 aliphatic carbocycles. The molecule has 1 radical (unpaired) electrons. The van der Waals surface area contributed by atoms with Gasteiger partial charge in [-0.25, -0.2) is 0 Å². The normalized spacial score (nSPS) is 9.73. The molecule has 0 aromatic heterocycles. The molecule has 2 heteroatoms. The minimum Gasteiger partial charge on any atom is -0.496 e. The molecule has 0 amide bonds. The predicted molar refractivity (Wildman–Crippen MR) is 43.1 cm³/mol. The van der Waals surface area contributed by atoms with Gasteiger partial charge in [0.05, 0.1) is 7.11 Å². The van der Waals surface area contributed by atoms with Crippen molar-refractivity contribution in [3.8, 4) is 5.75 Å². The maximum Gasteiger partial charge on any atom is 0.122 e. The summed E-state index contributed by atoms with van der Waals surface area (Å²) < 4.78 is 5.06. The van der Waals surface area contributed by atoms with Crippen molar-refractivity contribution in [2.75, 3.05) is 7.11 Å². The van der Waals surface area contributed by atoms with Gasteiger partial charge in [-0.05, 0) is 24.1 Å². The molecular weight excluding hydrogens is 140 g/mol. The zero-order chi connectivity index (χ0) is 8.27. The summed E-state index contributed by atoms with van der Waals surface area (Å²) in [6.07, 6.45) is 0. The highest BCUT2D eigenvalue weighted by Gasteiger charge is 1.98. The molecule has 0 saturated heterocycles. The van der Waals surface area contributed by atoms with Crippen LogP contribution in [0.4, 0.5) is 0 Å². The first-order valence-corrected chi connectivity index (χ1v) is 3.40. The first kappa shape index (κ1) is 8.08. The predicted octanol–water partition coefficient (Wildman–Crippen LogP) is 1.89. The average Bonchev–Trinajstić information content (AvgIpc) is 2.05. The number of aliphatic hydroxyl groups excluding tert-OH is 1. The van der Waals surface area contributed by atoms with E-state index in [0.29, 0.717) is 0 Å². The minimum atomic E-state index is 0.757. The summed E-state index contributed by atoms with van der Waals surface area (Å²) in [5, 5.41) is 8.67. The highest BCUT2D eigenvalue weighted by atomic mass is 16.5. The van der Waals surface area contributed by atoms with Crippen molar-refractivity contribution in [2.45, 2.75) is 6.92 Å². The SMILES string of the molecule is COc1cc([CH]O)ccc1C. The van der Waals surface area contributed by atoms with Gasteiger partial charge in [-0.1, -0.05) is 12.1 Å². The van der Waals surface area contributed by atoms with Crippen molar-refractivity contribution < 1.29 is 9.84 Å². The Morgan fingerprint density at radius 1 is 1.45 bits per heavy atom. The second-order valence-corrected chi connectivity index (χ2v) is 2.36. The molecule has 0 unspecified atom stereocenters. The number of rotatable bonds is 2. The van der Waals surface area contributed by atoms with E-state index in [9.17, 15) is 0 Å². The number of hydrogen-bond donors (Lipinski definition) is 1. The highest BCUT2D eigenvalue weighted by Crippen LogP contribution is 2.18. The van der Waals surface area contributed by atoms with Crippen LogP contribution in [-0.4, -0.2) is 12.2 Å². The number of aryl methyl sites for hydroxylation is 1. The van der Waals surface area contributed by atoms with Gasteiger partial charge in [0.25, 0.3) is 0 Å². The molecule has 2 nitrogen and oxygen atoms in total. The molecule has 0 heterocycles. The largest absolute Gasteiger partial charge is 0.496 e. The average molecular weight is 151 g/mol. The Hall–Kier alpha value is -1.02. The minimum absolute atomic E-state index is 0.757. The molecule has 0 bridgehead atoms. The van der Waals surface area contributed by atoms with Crippen LogP contribution in [-0.2, 0) is 0 Å². The fourth-order valence-corrected chi connectivity index (χ4v) is 0.917. The van der Waals surface area contributed by atoms with E-state index < -0.39 is 0 Å². The second kappa shape index (κ2) is 3.39. The Labute approximate surface area is 66.4 Å². The van der Waals surface area contributed by atoms with Gasteiger partial charge in [-0.2, -0.15) is 0 Å². The third kappa shape index (κ3) is 1.71. The topological polar surface area (TPSA) is 29.5 Å². The third-order valence-electron chi connectivity index (χ3n) is 1.58. The van der Waals surface area contributed by atoms with Crippen LogP contribution in [0.3, 0.4) is 0 Å². The maximum atomic E-state index is 8.67. The van der Waals surface area contributed by atoms with Crippen LogP contribution in [0.15, 0.2) is 18.2 Å². The summed E-state index contributed by atoms with van der Waals surface area (Å²) in [4.78, 5) is 0. The Balaban J connectivity index is 3.02. The Morgan fingerprint density at radius 2 is 2.18 bits per heavy atom. The van der Waals surface area contributed by atoms with E-state index in [1.165, 1.54) is 0 Å². The van der Waals surface area contributed by atoms with Crippen LogP contribution in [0.5, 0.6) is 5.75 Å². The number of aliphatic hydroxyl groups is 1. The Kier molecular flexibility index (Phi) is 2.49. The lowest BCUT2D eigenvalue weighted by Gasteiger charge is -2.04. The highest BCUT2D eigenvalue weighted by molar-refractivity contribution is 5.38. The summed E-state index contributed by atoms with van der Waals surface area (Å²) >= 11 is 0. The Morgan fingerprint density at radius 3 is 2.73 bits per heavy atom. The fraction of sp³-hybridized carbons (Fsp3) is 0.222. The van der Waals surface area contributed by atoms with Gasteiger partial charge >= 0.3 is 0 Å². The molecule has 1 aromatic carbocycles. The van der Waals surface area contributed by atoms with Crippen LogP contribution < -0.4 is 4.74 Å². The van der Waals surface area contributed by atoms with Gasteiger partial charge in [0.2, 0.25) is 0 Å². The summed E-state index contributed by atoms with van der Waals surface area (Å²) in [7, 11) is 1.61. The molecule has 11 heavy (non-hydrogen) atoms. The van der Waals surface area contributed by atoms with Gasteiger partial charge < -0.3 is 9.84 Å². The summed E-state index contributed by atoms with van der Waals surface area (Å²) in [5.41, 5.74) is 1.82. The molecule has 1 aromatic rings. The van der Waals surface area contributed by atoms with Gasteiger partial charge in [-0.15, -0.1) is 0 Å². The van der Waals surface area contributed by atoms with Crippen LogP contribution >= 0.6 is 0 Å². The molecule has 0 fully saturated rings. The summed E-state index contributed by atoms with van der Waals surface area (Å²) in [6, 6.07) is 5.52. The number of ether oxygens (including phenoxy) is 1. The van der Waals surface area contributed by atoms with E-state index >= 15 is 0 Å². The first-order valence-electron chi connectivity index (χ1n) is 3.40. The third-order valence-corrected chi connectivity index (χ3v) is 1.58. The zero-order valence-electron chi connectivity index (χ0n) is 6.66. The molecular formula is C9H11O2.